The van der Waals surface area contributed by atoms with Gasteiger partial charge in [-0.25, -0.2) is 4.79 Å². The van der Waals surface area contributed by atoms with E-state index in [0.29, 0.717) is 18.5 Å². The highest BCUT2D eigenvalue weighted by molar-refractivity contribution is 5.94. The molecule has 0 aliphatic rings. The van der Waals surface area contributed by atoms with Gasteiger partial charge in [0.05, 0.1) is 6.42 Å². The molecular formula is C25H40N4O6. The number of phenols is 1. The van der Waals surface area contributed by atoms with Crippen molar-refractivity contribution < 1.29 is 29.0 Å². The van der Waals surface area contributed by atoms with Crippen LogP contribution in [0.2, 0.25) is 0 Å². The number of ether oxygens (including phenoxy) is 1. The SMILES string of the molecule is CCCCNC(=O)C(c1cccc(O)c1)N(CCCC)C(=O)C(CC(N)=O)NC(=O)OC(C)(C)C. The molecule has 1 aromatic rings. The molecule has 1 rings (SSSR count). The lowest BCUT2D eigenvalue weighted by molar-refractivity contribution is -0.143. The van der Waals surface area contributed by atoms with E-state index >= 15 is 0 Å². The fourth-order valence-electron chi connectivity index (χ4n) is 3.40. The van der Waals surface area contributed by atoms with Crippen molar-refractivity contribution in [2.24, 2.45) is 5.73 Å². The minimum Gasteiger partial charge on any atom is -0.508 e. The van der Waals surface area contributed by atoms with Gasteiger partial charge in [0.25, 0.3) is 0 Å². The molecule has 10 heteroatoms. The molecule has 0 aromatic heterocycles. The zero-order valence-electron chi connectivity index (χ0n) is 21.4. The number of nitrogens with zero attached hydrogens (tertiary/aromatic N) is 1. The molecular weight excluding hydrogens is 452 g/mol. The Balaban J connectivity index is 3.42. The Kier molecular flexibility index (Phi) is 12.0. The van der Waals surface area contributed by atoms with Crippen LogP contribution in [0.15, 0.2) is 24.3 Å². The van der Waals surface area contributed by atoms with Gasteiger partial charge in [-0.05, 0) is 51.3 Å². The third kappa shape index (κ3) is 10.7. The number of amides is 4. The number of aromatic hydroxyl groups is 1. The van der Waals surface area contributed by atoms with Gasteiger partial charge in [-0.2, -0.15) is 0 Å². The number of hydrogen-bond donors (Lipinski definition) is 4. The average Bonchev–Trinajstić information content (AvgIpc) is 2.74. The van der Waals surface area contributed by atoms with Crippen molar-refractivity contribution in [2.75, 3.05) is 13.1 Å². The van der Waals surface area contributed by atoms with E-state index in [1.807, 2.05) is 13.8 Å². The molecule has 0 saturated carbocycles. The van der Waals surface area contributed by atoms with Crippen molar-refractivity contribution in [2.45, 2.75) is 84.4 Å². The van der Waals surface area contributed by atoms with Crippen LogP contribution in [-0.4, -0.2) is 58.6 Å². The minimum absolute atomic E-state index is 0.0580. The van der Waals surface area contributed by atoms with Crippen LogP contribution in [-0.2, 0) is 19.1 Å². The summed E-state index contributed by atoms with van der Waals surface area (Å²) in [5.74, 6) is -1.93. The summed E-state index contributed by atoms with van der Waals surface area (Å²) in [5.41, 5.74) is 4.95. The van der Waals surface area contributed by atoms with E-state index in [-0.39, 0.29) is 12.3 Å². The van der Waals surface area contributed by atoms with Crippen LogP contribution >= 0.6 is 0 Å². The first-order valence-electron chi connectivity index (χ1n) is 12.0. The quantitative estimate of drug-likeness (QED) is 0.311. The summed E-state index contributed by atoms with van der Waals surface area (Å²) in [7, 11) is 0. The summed E-state index contributed by atoms with van der Waals surface area (Å²) in [4.78, 5) is 52.5. The maximum Gasteiger partial charge on any atom is 0.408 e. The molecule has 2 unspecified atom stereocenters. The first kappa shape index (κ1) is 29.7. The lowest BCUT2D eigenvalue weighted by Crippen LogP contribution is -2.54. The van der Waals surface area contributed by atoms with Crippen LogP contribution in [0.4, 0.5) is 4.79 Å². The molecule has 10 nitrogen and oxygen atoms in total. The zero-order chi connectivity index (χ0) is 26.6. The molecule has 0 radical (unpaired) electrons. The van der Waals surface area contributed by atoms with E-state index in [1.54, 1.807) is 32.9 Å². The van der Waals surface area contributed by atoms with Crippen LogP contribution in [0.1, 0.15) is 78.3 Å². The van der Waals surface area contributed by atoms with Crippen molar-refractivity contribution in [1.82, 2.24) is 15.5 Å². The smallest absolute Gasteiger partial charge is 0.408 e. The number of nitrogens with two attached hydrogens (primary N) is 1. The van der Waals surface area contributed by atoms with Crippen molar-refractivity contribution >= 4 is 23.8 Å². The third-order valence-corrected chi connectivity index (χ3v) is 5.01. The molecule has 1 aromatic carbocycles. The van der Waals surface area contributed by atoms with Crippen LogP contribution in [0, 0.1) is 0 Å². The summed E-state index contributed by atoms with van der Waals surface area (Å²) in [6.07, 6.45) is 1.58. The summed E-state index contributed by atoms with van der Waals surface area (Å²) in [5, 5.41) is 15.3. The number of unbranched alkanes of at least 4 members (excludes halogenated alkanes) is 2. The number of nitrogens with one attached hydrogen (secondary N) is 2. The Morgan fingerprint density at radius 3 is 2.31 bits per heavy atom. The molecule has 0 saturated heterocycles. The number of alkyl carbamates (subject to hydrolysis) is 1. The maximum absolute atomic E-state index is 13.7. The number of hydrogen-bond acceptors (Lipinski definition) is 6. The van der Waals surface area contributed by atoms with E-state index < -0.39 is 47.9 Å². The predicted octanol–water partition coefficient (Wildman–Crippen LogP) is 2.75. The van der Waals surface area contributed by atoms with Gasteiger partial charge in [-0.3, -0.25) is 14.4 Å². The number of phenolic OH excluding ortho intramolecular Hbond substituents is 1. The molecule has 2 atom stereocenters. The average molecular weight is 493 g/mol. The molecule has 0 heterocycles. The van der Waals surface area contributed by atoms with Crippen LogP contribution in [0.25, 0.3) is 0 Å². The number of primary amides is 1. The first-order chi connectivity index (χ1) is 16.4. The number of carbonyl (C=O) groups excluding carboxylic acids is 4. The fraction of sp³-hybridized carbons (Fsp3) is 0.600. The Morgan fingerprint density at radius 2 is 1.77 bits per heavy atom. The summed E-state index contributed by atoms with van der Waals surface area (Å²) in [6.45, 7) is 9.54. The Hall–Kier alpha value is -3.30. The van der Waals surface area contributed by atoms with Gasteiger partial charge >= 0.3 is 6.09 Å². The third-order valence-electron chi connectivity index (χ3n) is 5.01. The monoisotopic (exact) mass is 492 g/mol. The van der Waals surface area contributed by atoms with E-state index in [2.05, 4.69) is 10.6 Å². The van der Waals surface area contributed by atoms with Gasteiger partial charge in [0, 0.05) is 13.1 Å². The van der Waals surface area contributed by atoms with Crippen molar-refractivity contribution in [3.63, 3.8) is 0 Å². The molecule has 0 bridgehead atoms. The second-order valence-corrected chi connectivity index (χ2v) is 9.40. The molecule has 0 spiro atoms. The van der Waals surface area contributed by atoms with Gasteiger partial charge < -0.3 is 31.1 Å². The Morgan fingerprint density at radius 1 is 1.11 bits per heavy atom. The van der Waals surface area contributed by atoms with E-state index in [4.69, 9.17) is 10.5 Å². The van der Waals surface area contributed by atoms with Gasteiger partial charge in [-0.15, -0.1) is 0 Å². The molecule has 0 aliphatic carbocycles. The largest absolute Gasteiger partial charge is 0.508 e. The Labute approximate surface area is 207 Å². The van der Waals surface area contributed by atoms with Gasteiger partial charge in [0.15, 0.2) is 0 Å². The molecule has 196 valence electrons. The highest BCUT2D eigenvalue weighted by atomic mass is 16.6. The highest BCUT2D eigenvalue weighted by Gasteiger charge is 2.36. The standard InChI is InChI=1S/C25H40N4O6/c1-6-8-13-27-22(32)21(17-11-10-12-18(30)15-17)29(14-9-7-2)23(33)19(16-20(26)31)28-24(34)35-25(3,4)5/h10-12,15,19,21,30H,6-9,13-14,16H2,1-5H3,(H2,26,31)(H,27,32)(H,28,34). The molecule has 4 amide bonds. The minimum atomic E-state index is -1.33. The van der Waals surface area contributed by atoms with Crippen LogP contribution in [0.3, 0.4) is 0 Å². The molecule has 0 aliphatic heterocycles. The van der Waals surface area contributed by atoms with Crippen molar-refractivity contribution in [3.8, 4) is 5.75 Å². The predicted molar refractivity (Wildman–Crippen MR) is 132 cm³/mol. The Bertz CT molecular complexity index is 868. The van der Waals surface area contributed by atoms with Crippen molar-refractivity contribution in [3.05, 3.63) is 29.8 Å². The number of carbonyl (C=O) groups is 4. The summed E-state index contributed by atoms with van der Waals surface area (Å²) in [6, 6.07) is 3.69. The second kappa shape index (κ2) is 14.2. The fourth-order valence-corrected chi connectivity index (χ4v) is 3.40. The highest BCUT2D eigenvalue weighted by Crippen LogP contribution is 2.26. The van der Waals surface area contributed by atoms with Gasteiger partial charge in [0.2, 0.25) is 17.7 Å². The second-order valence-electron chi connectivity index (χ2n) is 9.40. The van der Waals surface area contributed by atoms with E-state index in [9.17, 15) is 24.3 Å². The van der Waals surface area contributed by atoms with Gasteiger partial charge in [0.1, 0.15) is 23.4 Å². The summed E-state index contributed by atoms with van der Waals surface area (Å²) < 4.78 is 5.25. The number of rotatable bonds is 13. The lowest BCUT2D eigenvalue weighted by Gasteiger charge is -2.34. The molecule has 0 fully saturated rings. The van der Waals surface area contributed by atoms with E-state index in [1.165, 1.54) is 17.0 Å². The lowest BCUT2D eigenvalue weighted by atomic mass is 10.0. The normalized spacial score (nSPS) is 12.8. The topological polar surface area (TPSA) is 151 Å². The van der Waals surface area contributed by atoms with E-state index in [0.717, 1.165) is 19.3 Å². The molecule has 35 heavy (non-hydrogen) atoms. The first-order valence-corrected chi connectivity index (χ1v) is 12.0. The zero-order valence-corrected chi connectivity index (χ0v) is 21.4. The maximum atomic E-state index is 13.7. The van der Waals surface area contributed by atoms with Crippen LogP contribution < -0.4 is 16.4 Å². The summed E-state index contributed by atoms with van der Waals surface area (Å²) >= 11 is 0. The van der Waals surface area contributed by atoms with Gasteiger partial charge in [-0.1, -0.05) is 38.8 Å². The number of benzene rings is 1. The van der Waals surface area contributed by atoms with Crippen LogP contribution in [0.5, 0.6) is 5.75 Å². The van der Waals surface area contributed by atoms with Crippen molar-refractivity contribution in [1.29, 1.82) is 0 Å². The molecule has 5 N–H and O–H groups in total.